The van der Waals surface area contributed by atoms with E-state index in [0.717, 1.165) is 16.8 Å². The minimum atomic E-state index is -0.728. The van der Waals surface area contributed by atoms with Crippen LogP contribution in [0.15, 0.2) is 42.5 Å². The van der Waals surface area contributed by atoms with Gasteiger partial charge in [0.2, 0.25) is 0 Å². The Hall–Kier alpha value is -1.22. The standard InChI is InChI=1S/C15H15Cl2NO/c1-18(2)14-8-7-12(17)9-13(14)15(19)10-3-5-11(16)6-4-10/h3-9,15,19H,1-2H3. The Morgan fingerprint density at radius 2 is 1.53 bits per heavy atom. The minimum absolute atomic E-state index is 0.605. The van der Waals surface area contributed by atoms with Crippen molar-refractivity contribution in [3.63, 3.8) is 0 Å². The van der Waals surface area contributed by atoms with Crippen LogP contribution in [0.4, 0.5) is 5.69 Å². The van der Waals surface area contributed by atoms with E-state index in [1.165, 1.54) is 0 Å². The summed E-state index contributed by atoms with van der Waals surface area (Å²) in [6, 6.07) is 12.7. The van der Waals surface area contributed by atoms with Gasteiger partial charge in [0.1, 0.15) is 6.10 Å². The summed E-state index contributed by atoms with van der Waals surface area (Å²) in [7, 11) is 3.86. The molecule has 2 nitrogen and oxygen atoms in total. The number of rotatable bonds is 3. The maximum absolute atomic E-state index is 10.5. The molecule has 19 heavy (non-hydrogen) atoms. The Morgan fingerprint density at radius 1 is 0.947 bits per heavy atom. The third-order valence-corrected chi connectivity index (χ3v) is 3.44. The van der Waals surface area contributed by atoms with Crippen molar-refractivity contribution in [2.24, 2.45) is 0 Å². The van der Waals surface area contributed by atoms with Crippen molar-refractivity contribution in [2.45, 2.75) is 6.10 Å². The molecule has 1 unspecified atom stereocenters. The monoisotopic (exact) mass is 295 g/mol. The van der Waals surface area contributed by atoms with E-state index >= 15 is 0 Å². The molecule has 2 aromatic rings. The molecule has 4 heteroatoms. The number of hydrogen-bond donors (Lipinski definition) is 1. The van der Waals surface area contributed by atoms with Crippen LogP contribution in [0, 0.1) is 0 Å². The first-order valence-electron chi connectivity index (χ1n) is 5.89. The van der Waals surface area contributed by atoms with Crippen LogP contribution in [-0.4, -0.2) is 19.2 Å². The second-order valence-corrected chi connectivity index (χ2v) is 5.42. The molecule has 0 amide bonds. The molecule has 0 aromatic heterocycles. The molecular formula is C15H15Cl2NO. The van der Waals surface area contributed by atoms with Crippen molar-refractivity contribution in [1.82, 2.24) is 0 Å². The Bertz CT molecular complexity index is 567. The summed E-state index contributed by atoms with van der Waals surface area (Å²) in [4.78, 5) is 1.95. The van der Waals surface area contributed by atoms with E-state index < -0.39 is 6.10 Å². The fraction of sp³-hybridized carbons (Fsp3) is 0.200. The van der Waals surface area contributed by atoms with Gasteiger partial charge in [-0.2, -0.15) is 0 Å². The number of benzene rings is 2. The fourth-order valence-corrected chi connectivity index (χ4v) is 2.28. The van der Waals surface area contributed by atoms with Crippen LogP contribution in [0.1, 0.15) is 17.2 Å². The lowest BCUT2D eigenvalue weighted by Crippen LogP contribution is -2.13. The molecule has 2 rings (SSSR count). The molecule has 0 saturated heterocycles. The van der Waals surface area contributed by atoms with Crippen molar-refractivity contribution in [3.8, 4) is 0 Å². The maximum atomic E-state index is 10.5. The van der Waals surface area contributed by atoms with Crippen LogP contribution in [-0.2, 0) is 0 Å². The van der Waals surface area contributed by atoms with Crippen molar-refractivity contribution >= 4 is 28.9 Å². The SMILES string of the molecule is CN(C)c1ccc(Cl)cc1C(O)c1ccc(Cl)cc1. The number of anilines is 1. The van der Waals surface area contributed by atoms with E-state index in [0.29, 0.717) is 10.0 Å². The summed E-state index contributed by atoms with van der Waals surface area (Å²) in [5, 5.41) is 11.8. The number of halogens is 2. The lowest BCUT2D eigenvalue weighted by molar-refractivity contribution is 0.220. The van der Waals surface area contributed by atoms with Crippen LogP contribution >= 0.6 is 23.2 Å². The van der Waals surface area contributed by atoms with Gasteiger partial charge >= 0.3 is 0 Å². The Balaban J connectivity index is 2.45. The maximum Gasteiger partial charge on any atom is 0.106 e. The molecule has 0 heterocycles. The second-order valence-electron chi connectivity index (χ2n) is 4.55. The molecular weight excluding hydrogens is 281 g/mol. The Morgan fingerprint density at radius 3 is 2.11 bits per heavy atom. The van der Waals surface area contributed by atoms with E-state index in [-0.39, 0.29) is 0 Å². The molecule has 0 fully saturated rings. The van der Waals surface area contributed by atoms with Crippen LogP contribution in [0.3, 0.4) is 0 Å². The van der Waals surface area contributed by atoms with Gasteiger partial charge in [-0.05, 0) is 35.9 Å². The molecule has 2 aromatic carbocycles. The summed E-state index contributed by atoms with van der Waals surface area (Å²) in [5.41, 5.74) is 2.50. The second kappa shape index (κ2) is 5.83. The first-order valence-corrected chi connectivity index (χ1v) is 6.65. The van der Waals surface area contributed by atoms with Crippen molar-refractivity contribution in [2.75, 3.05) is 19.0 Å². The highest BCUT2D eigenvalue weighted by atomic mass is 35.5. The van der Waals surface area contributed by atoms with Gasteiger partial charge in [-0.3, -0.25) is 0 Å². The Kier molecular flexibility index (Phi) is 4.35. The highest BCUT2D eigenvalue weighted by Crippen LogP contribution is 2.32. The first-order chi connectivity index (χ1) is 8.99. The highest BCUT2D eigenvalue weighted by molar-refractivity contribution is 6.31. The van der Waals surface area contributed by atoms with Crippen LogP contribution < -0.4 is 4.90 Å². The fourth-order valence-electron chi connectivity index (χ4n) is 1.98. The molecule has 1 atom stereocenters. The summed E-state index contributed by atoms with van der Waals surface area (Å²) < 4.78 is 0. The van der Waals surface area contributed by atoms with Gasteiger partial charge in [0.25, 0.3) is 0 Å². The normalized spacial score (nSPS) is 12.3. The molecule has 0 radical (unpaired) electrons. The molecule has 1 N–H and O–H groups in total. The molecule has 0 aliphatic carbocycles. The van der Waals surface area contributed by atoms with Gasteiger partial charge in [-0.1, -0.05) is 35.3 Å². The lowest BCUT2D eigenvalue weighted by atomic mass is 9.99. The third-order valence-electron chi connectivity index (χ3n) is 2.95. The number of hydrogen-bond acceptors (Lipinski definition) is 2. The van der Waals surface area contributed by atoms with Crippen LogP contribution in [0.2, 0.25) is 10.0 Å². The van der Waals surface area contributed by atoms with E-state index in [2.05, 4.69) is 0 Å². The van der Waals surface area contributed by atoms with Gasteiger partial charge in [0.05, 0.1) is 0 Å². The van der Waals surface area contributed by atoms with E-state index in [1.807, 2.05) is 43.3 Å². The van der Waals surface area contributed by atoms with Crippen molar-refractivity contribution in [3.05, 3.63) is 63.6 Å². The average molecular weight is 296 g/mol. The topological polar surface area (TPSA) is 23.5 Å². The number of aliphatic hydroxyl groups is 1. The molecule has 0 spiro atoms. The number of aliphatic hydroxyl groups excluding tert-OH is 1. The molecule has 0 aliphatic heterocycles. The Labute approximate surface area is 123 Å². The van der Waals surface area contributed by atoms with Gasteiger partial charge < -0.3 is 10.0 Å². The van der Waals surface area contributed by atoms with E-state index in [9.17, 15) is 5.11 Å². The van der Waals surface area contributed by atoms with Crippen molar-refractivity contribution in [1.29, 1.82) is 0 Å². The van der Waals surface area contributed by atoms with Gasteiger partial charge in [0, 0.05) is 35.4 Å². The van der Waals surface area contributed by atoms with E-state index in [1.54, 1.807) is 18.2 Å². The van der Waals surface area contributed by atoms with Crippen molar-refractivity contribution < 1.29 is 5.11 Å². The average Bonchev–Trinajstić information content (AvgIpc) is 2.38. The zero-order valence-corrected chi connectivity index (χ0v) is 12.3. The molecule has 0 bridgehead atoms. The lowest BCUT2D eigenvalue weighted by Gasteiger charge is -2.21. The predicted octanol–water partition coefficient (Wildman–Crippen LogP) is 4.14. The predicted molar refractivity (Wildman–Crippen MR) is 81.3 cm³/mol. The third kappa shape index (κ3) is 3.21. The van der Waals surface area contributed by atoms with E-state index in [4.69, 9.17) is 23.2 Å². The summed E-state index contributed by atoms with van der Waals surface area (Å²) >= 11 is 11.9. The van der Waals surface area contributed by atoms with Crippen LogP contribution in [0.5, 0.6) is 0 Å². The van der Waals surface area contributed by atoms with Gasteiger partial charge in [-0.15, -0.1) is 0 Å². The molecule has 0 aliphatic rings. The number of nitrogens with zero attached hydrogens (tertiary/aromatic N) is 1. The first kappa shape index (κ1) is 14.2. The smallest absolute Gasteiger partial charge is 0.106 e. The summed E-state index contributed by atoms with van der Waals surface area (Å²) in [6.45, 7) is 0. The summed E-state index contributed by atoms with van der Waals surface area (Å²) in [6.07, 6.45) is -0.728. The largest absolute Gasteiger partial charge is 0.384 e. The zero-order valence-electron chi connectivity index (χ0n) is 10.8. The summed E-state index contributed by atoms with van der Waals surface area (Å²) in [5.74, 6) is 0. The van der Waals surface area contributed by atoms with Gasteiger partial charge in [-0.25, -0.2) is 0 Å². The quantitative estimate of drug-likeness (QED) is 0.920. The van der Waals surface area contributed by atoms with Gasteiger partial charge in [0.15, 0.2) is 0 Å². The highest BCUT2D eigenvalue weighted by Gasteiger charge is 2.16. The minimum Gasteiger partial charge on any atom is -0.384 e. The molecule has 0 saturated carbocycles. The van der Waals surface area contributed by atoms with Crippen LogP contribution in [0.25, 0.3) is 0 Å². The zero-order chi connectivity index (χ0) is 14.0. The molecule has 100 valence electrons.